The maximum atomic E-state index is 2.61. The molecule has 0 aromatic rings. The summed E-state index contributed by atoms with van der Waals surface area (Å²) >= 11 is 0. The zero-order chi connectivity index (χ0) is 9.76. The number of hydrogen-bond donors (Lipinski definition) is 0. The molecule has 0 spiro atoms. The predicted octanol–water partition coefficient (Wildman–Crippen LogP) is 4.25. The molecule has 0 heterocycles. The second-order valence-corrected chi connectivity index (χ2v) is 6.56. The van der Waals surface area contributed by atoms with E-state index in [4.69, 9.17) is 0 Å². The van der Waals surface area contributed by atoms with Gasteiger partial charge in [-0.3, -0.25) is 0 Å². The summed E-state index contributed by atoms with van der Waals surface area (Å²) in [7, 11) is 0. The summed E-state index contributed by atoms with van der Waals surface area (Å²) in [6.07, 6.45) is 10.8. The Balaban J connectivity index is 1.87. The molecule has 4 aliphatic carbocycles. The van der Waals surface area contributed by atoms with E-state index < -0.39 is 0 Å². The van der Waals surface area contributed by atoms with Gasteiger partial charge in [0.05, 0.1) is 0 Å². The smallest absolute Gasteiger partial charge is 0.0269 e. The fourth-order valence-corrected chi connectivity index (χ4v) is 5.21. The van der Waals surface area contributed by atoms with E-state index in [1.54, 1.807) is 32.1 Å². The van der Waals surface area contributed by atoms with Crippen molar-refractivity contribution in [2.75, 3.05) is 0 Å². The second kappa shape index (κ2) is 3.00. The third kappa shape index (κ3) is 1.12. The van der Waals surface area contributed by atoms with Crippen LogP contribution < -0.4 is 0 Å². The Labute approximate surface area is 88.5 Å². The zero-order valence-corrected chi connectivity index (χ0v) is 9.76. The van der Waals surface area contributed by atoms with Crippen LogP contribution in [0.15, 0.2) is 0 Å². The Bertz CT molecular complexity index is 200. The first-order valence-corrected chi connectivity index (χ1v) is 6.72. The van der Waals surface area contributed by atoms with Crippen LogP contribution in [0.3, 0.4) is 0 Å². The lowest BCUT2D eigenvalue weighted by Gasteiger charge is -2.60. The molecule has 4 bridgehead atoms. The van der Waals surface area contributed by atoms with Crippen LogP contribution in [-0.4, -0.2) is 0 Å². The van der Waals surface area contributed by atoms with Crippen LogP contribution in [0.25, 0.3) is 0 Å². The van der Waals surface area contributed by atoms with Crippen LogP contribution in [-0.2, 0) is 0 Å². The Morgan fingerprint density at radius 3 is 1.86 bits per heavy atom. The van der Waals surface area contributed by atoms with Gasteiger partial charge in [0.15, 0.2) is 0 Å². The van der Waals surface area contributed by atoms with Crippen LogP contribution in [0.1, 0.15) is 58.8 Å². The third-order valence-corrected chi connectivity index (χ3v) is 5.79. The summed E-state index contributed by atoms with van der Waals surface area (Å²) in [5.74, 6) is 4.50. The molecule has 0 atom stereocenters. The molecule has 4 fully saturated rings. The van der Waals surface area contributed by atoms with Gasteiger partial charge >= 0.3 is 0 Å². The molecule has 4 saturated carbocycles. The summed E-state index contributed by atoms with van der Waals surface area (Å²) in [5.41, 5.74) is 0.752. The SMILES string of the molecule is CCCC1(C)C2CC3CC(C2)CC1C3. The van der Waals surface area contributed by atoms with E-state index in [9.17, 15) is 0 Å². The van der Waals surface area contributed by atoms with Gasteiger partial charge in [-0.2, -0.15) is 0 Å². The van der Waals surface area contributed by atoms with Gasteiger partial charge in [0.25, 0.3) is 0 Å². The normalized spacial score (nSPS) is 55.3. The summed E-state index contributed by atoms with van der Waals surface area (Å²) in [6.45, 7) is 4.99. The molecule has 0 aromatic carbocycles. The van der Waals surface area contributed by atoms with E-state index in [0.29, 0.717) is 0 Å². The van der Waals surface area contributed by atoms with Crippen molar-refractivity contribution in [1.29, 1.82) is 0 Å². The molecule has 0 amide bonds. The molecular formula is C14H24. The highest BCUT2D eigenvalue weighted by Crippen LogP contribution is 2.63. The van der Waals surface area contributed by atoms with Crippen LogP contribution in [0, 0.1) is 29.1 Å². The Morgan fingerprint density at radius 2 is 1.43 bits per heavy atom. The van der Waals surface area contributed by atoms with E-state index in [0.717, 1.165) is 29.1 Å². The molecule has 0 N–H and O–H groups in total. The lowest BCUT2D eigenvalue weighted by atomic mass is 9.45. The second-order valence-electron chi connectivity index (χ2n) is 6.56. The Hall–Kier alpha value is 0. The molecule has 4 rings (SSSR count). The molecule has 4 aliphatic rings. The predicted molar refractivity (Wildman–Crippen MR) is 60.1 cm³/mol. The molecule has 0 aromatic heterocycles. The highest BCUT2D eigenvalue weighted by Gasteiger charge is 2.53. The Morgan fingerprint density at radius 1 is 0.929 bits per heavy atom. The fourth-order valence-electron chi connectivity index (χ4n) is 5.21. The molecular weight excluding hydrogens is 168 g/mol. The third-order valence-electron chi connectivity index (χ3n) is 5.79. The molecule has 0 nitrogen and oxygen atoms in total. The number of rotatable bonds is 2. The van der Waals surface area contributed by atoms with Crippen molar-refractivity contribution >= 4 is 0 Å². The average Bonchev–Trinajstić information content (AvgIpc) is 2.14. The van der Waals surface area contributed by atoms with Crippen molar-refractivity contribution in [1.82, 2.24) is 0 Å². The summed E-state index contributed by atoms with van der Waals surface area (Å²) in [6, 6.07) is 0. The van der Waals surface area contributed by atoms with Crippen molar-refractivity contribution < 1.29 is 0 Å². The first-order chi connectivity index (χ1) is 6.72. The Kier molecular flexibility index (Phi) is 1.98. The minimum Gasteiger partial charge on any atom is -0.0654 e. The first kappa shape index (κ1) is 9.24. The van der Waals surface area contributed by atoms with Crippen molar-refractivity contribution in [3.05, 3.63) is 0 Å². The topological polar surface area (TPSA) is 0 Å². The molecule has 14 heavy (non-hydrogen) atoms. The van der Waals surface area contributed by atoms with Gasteiger partial charge in [0.1, 0.15) is 0 Å². The monoisotopic (exact) mass is 192 g/mol. The van der Waals surface area contributed by atoms with Crippen LogP contribution in [0.5, 0.6) is 0 Å². The highest BCUT2D eigenvalue weighted by atomic mass is 14.6. The van der Waals surface area contributed by atoms with Crippen molar-refractivity contribution in [3.63, 3.8) is 0 Å². The van der Waals surface area contributed by atoms with Gasteiger partial charge in [0, 0.05) is 0 Å². The number of hydrogen-bond acceptors (Lipinski definition) is 0. The lowest BCUT2D eigenvalue weighted by Crippen LogP contribution is -2.51. The van der Waals surface area contributed by atoms with Crippen molar-refractivity contribution in [2.45, 2.75) is 58.8 Å². The molecule has 0 radical (unpaired) electrons. The minimum atomic E-state index is 0.752. The summed E-state index contributed by atoms with van der Waals surface area (Å²) < 4.78 is 0. The van der Waals surface area contributed by atoms with E-state index >= 15 is 0 Å². The standard InChI is InChI=1S/C14H24/c1-3-4-14(2)12-6-10-5-11(8-12)9-13(14)7-10/h10-13H,3-9H2,1-2H3. The highest BCUT2D eigenvalue weighted by molar-refractivity contribution is 5.03. The van der Waals surface area contributed by atoms with Gasteiger partial charge in [0.2, 0.25) is 0 Å². The average molecular weight is 192 g/mol. The molecule has 0 heteroatoms. The van der Waals surface area contributed by atoms with E-state index in [2.05, 4.69) is 13.8 Å². The van der Waals surface area contributed by atoms with Crippen LogP contribution in [0.2, 0.25) is 0 Å². The van der Waals surface area contributed by atoms with Gasteiger partial charge < -0.3 is 0 Å². The van der Waals surface area contributed by atoms with Gasteiger partial charge in [-0.05, 0) is 67.6 Å². The van der Waals surface area contributed by atoms with E-state index in [1.165, 1.54) is 12.8 Å². The van der Waals surface area contributed by atoms with Crippen molar-refractivity contribution in [3.8, 4) is 0 Å². The lowest BCUT2D eigenvalue weighted by molar-refractivity contribution is -0.103. The molecule has 0 saturated heterocycles. The van der Waals surface area contributed by atoms with Gasteiger partial charge in [-0.25, -0.2) is 0 Å². The first-order valence-electron chi connectivity index (χ1n) is 6.72. The van der Waals surface area contributed by atoms with Crippen LogP contribution >= 0.6 is 0 Å². The minimum absolute atomic E-state index is 0.752. The molecule has 0 unspecified atom stereocenters. The zero-order valence-electron chi connectivity index (χ0n) is 9.76. The van der Waals surface area contributed by atoms with Crippen LogP contribution in [0.4, 0.5) is 0 Å². The van der Waals surface area contributed by atoms with E-state index in [-0.39, 0.29) is 0 Å². The summed E-state index contributed by atoms with van der Waals surface area (Å²) in [4.78, 5) is 0. The largest absolute Gasteiger partial charge is 0.0654 e. The van der Waals surface area contributed by atoms with E-state index in [1.807, 2.05) is 0 Å². The van der Waals surface area contributed by atoms with Gasteiger partial charge in [-0.15, -0.1) is 0 Å². The quantitative estimate of drug-likeness (QED) is 0.613. The summed E-state index contributed by atoms with van der Waals surface area (Å²) in [5, 5.41) is 0. The maximum absolute atomic E-state index is 2.61. The fraction of sp³-hybridized carbons (Fsp3) is 1.00. The maximum Gasteiger partial charge on any atom is -0.0269 e. The van der Waals surface area contributed by atoms with Crippen molar-refractivity contribution in [2.24, 2.45) is 29.1 Å². The molecule has 0 aliphatic heterocycles. The molecule has 80 valence electrons. The van der Waals surface area contributed by atoms with Gasteiger partial charge in [-0.1, -0.05) is 20.3 Å².